The van der Waals surface area contributed by atoms with Crippen molar-refractivity contribution >= 4 is 50.2 Å². The maximum atomic E-state index is 5.08. The van der Waals surface area contributed by atoms with Gasteiger partial charge in [0.1, 0.15) is 17.5 Å². The first-order valence-electron chi connectivity index (χ1n) is 18.9. The van der Waals surface area contributed by atoms with E-state index in [1.807, 2.05) is 0 Å². The van der Waals surface area contributed by atoms with E-state index in [0.717, 1.165) is 84.3 Å². The molecule has 0 radical (unpaired) electrons. The van der Waals surface area contributed by atoms with Gasteiger partial charge in [0.15, 0.2) is 0 Å². The van der Waals surface area contributed by atoms with E-state index >= 15 is 0 Å². The average molecular weight is 720 g/mol. The summed E-state index contributed by atoms with van der Waals surface area (Å²) in [6.45, 7) is 13.3. The highest BCUT2D eigenvalue weighted by Crippen LogP contribution is 2.45. The Morgan fingerprint density at radius 2 is 0.636 bits per heavy atom. The Morgan fingerprint density at radius 1 is 0.364 bits per heavy atom. The number of aryl methyl sites for hydroxylation is 9. The Labute approximate surface area is 322 Å². The Balaban J connectivity index is 1.24. The molecule has 0 atom stereocenters. The van der Waals surface area contributed by atoms with Crippen molar-refractivity contribution in [3.8, 4) is 34.2 Å². The van der Waals surface area contributed by atoms with E-state index in [1.54, 1.807) is 0 Å². The summed E-state index contributed by atoms with van der Waals surface area (Å²) in [4.78, 5) is 17.7. The second-order valence-electron chi connectivity index (χ2n) is 15.1. The van der Waals surface area contributed by atoms with Crippen molar-refractivity contribution in [2.24, 2.45) is 21.1 Å². The van der Waals surface area contributed by atoms with Crippen molar-refractivity contribution < 1.29 is 0 Å². The summed E-state index contributed by atoms with van der Waals surface area (Å²) in [5.41, 5.74) is 20.2. The van der Waals surface area contributed by atoms with E-state index in [2.05, 4.69) is 190 Å². The Hall–Kier alpha value is -6.47. The molecule has 0 amide bonds. The number of para-hydroxylation sites is 6. The molecule has 6 aromatic carbocycles. The molecule has 0 aliphatic carbocycles. The average Bonchev–Trinajstić information content (AvgIpc) is 3.82. The van der Waals surface area contributed by atoms with Gasteiger partial charge >= 0.3 is 0 Å². The molecule has 7 heteroatoms. The third-order valence-electron chi connectivity index (χ3n) is 11.4. The quantitative estimate of drug-likeness (QED) is 0.172. The van der Waals surface area contributed by atoms with Crippen LogP contribution in [-0.4, -0.2) is 28.7 Å². The molecule has 7 nitrogen and oxygen atoms in total. The molecule has 0 N–H and O–H groups in total. The number of hydrogen-bond donors (Lipinski definition) is 0. The number of nitrogens with zero attached hydrogens (tertiary/aromatic N) is 7. The third kappa shape index (κ3) is 5.44. The molecule has 0 bridgehead atoms. The van der Waals surface area contributed by atoms with Gasteiger partial charge in [-0.2, -0.15) is 0 Å². The van der Waals surface area contributed by atoms with Crippen LogP contribution in [-0.2, 0) is 21.1 Å². The summed E-state index contributed by atoms with van der Waals surface area (Å²) >= 11 is 0. The zero-order chi connectivity index (χ0) is 38.3. The zero-order valence-electron chi connectivity index (χ0n) is 33.0. The maximum Gasteiger partial charge on any atom is 0.141 e. The van der Waals surface area contributed by atoms with Crippen LogP contribution in [0.2, 0.25) is 0 Å². The van der Waals surface area contributed by atoms with Crippen LogP contribution >= 0.6 is 0 Å². The number of benzene rings is 6. The van der Waals surface area contributed by atoms with Crippen LogP contribution in [0.5, 0.6) is 0 Å². The molecule has 0 saturated carbocycles. The molecule has 3 aromatic heterocycles. The predicted molar refractivity (Wildman–Crippen MR) is 229 cm³/mol. The van der Waals surface area contributed by atoms with E-state index in [0.29, 0.717) is 0 Å². The fourth-order valence-corrected chi connectivity index (χ4v) is 8.40. The number of hydrogen-bond acceptors (Lipinski definition) is 4. The van der Waals surface area contributed by atoms with Crippen molar-refractivity contribution in [2.45, 2.75) is 41.5 Å². The number of rotatable bonds is 6. The fraction of sp³-hybridized carbons (Fsp3) is 0.188. The topological polar surface area (TPSA) is 56.7 Å². The molecule has 3 heterocycles. The molecule has 0 unspecified atom stereocenters. The van der Waals surface area contributed by atoms with Crippen LogP contribution in [0.25, 0.3) is 67.3 Å². The lowest BCUT2D eigenvalue weighted by Gasteiger charge is -2.32. The van der Waals surface area contributed by atoms with Gasteiger partial charge in [-0.05, 0) is 148 Å². The summed E-state index contributed by atoms with van der Waals surface area (Å²) in [6.07, 6.45) is 0. The Morgan fingerprint density at radius 3 is 0.909 bits per heavy atom. The summed E-state index contributed by atoms with van der Waals surface area (Å²) < 4.78 is 6.61. The van der Waals surface area contributed by atoms with Crippen molar-refractivity contribution in [1.29, 1.82) is 0 Å². The zero-order valence-corrected chi connectivity index (χ0v) is 33.0. The summed E-state index contributed by atoms with van der Waals surface area (Å²) in [6, 6.07) is 39.0. The standard InChI is InChI=1S/C48H45N7/c1-28-25-43(31(4)22-34(28)46-49-37-16-10-13-19-40(37)52(46)7)55(44-26-29(2)35(23-32(44)5)47-50-38-17-11-14-20-41(38)53(47)8)45-27-30(3)36(24-33(45)6)48-51-39-18-12-15-21-42(39)54(48)9/h10-27H,1-9H3. The highest BCUT2D eigenvalue weighted by Gasteiger charge is 2.25. The first-order valence-corrected chi connectivity index (χ1v) is 18.9. The molecule has 0 aliphatic rings. The second-order valence-corrected chi connectivity index (χ2v) is 15.1. The number of imidazole rings is 3. The van der Waals surface area contributed by atoms with Gasteiger partial charge in [-0.25, -0.2) is 15.0 Å². The van der Waals surface area contributed by atoms with Gasteiger partial charge < -0.3 is 18.6 Å². The molecule has 55 heavy (non-hydrogen) atoms. The minimum absolute atomic E-state index is 0.970. The van der Waals surface area contributed by atoms with Crippen LogP contribution < -0.4 is 4.90 Å². The molecular weight excluding hydrogens is 675 g/mol. The van der Waals surface area contributed by atoms with Crippen molar-refractivity contribution in [3.63, 3.8) is 0 Å². The molecular formula is C48H45N7. The molecule has 0 spiro atoms. The minimum atomic E-state index is 0.970. The lowest BCUT2D eigenvalue weighted by atomic mass is 9.96. The Bertz CT molecular complexity index is 2670. The summed E-state index contributed by atoms with van der Waals surface area (Å²) in [5, 5.41) is 0. The lowest BCUT2D eigenvalue weighted by Crippen LogP contribution is -2.16. The molecule has 272 valence electrons. The van der Waals surface area contributed by atoms with Gasteiger partial charge in [0, 0.05) is 54.9 Å². The van der Waals surface area contributed by atoms with Gasteiger partial charge in [-0.15, -0.1) is 0 Å². The number of aromatic nitrogens is 6. The Kier molecular flexibility index (Phi) is 8.01. The van der Waals surface area contributed by atoms with E-state index in [1.165, 1.54) is 33.4 Å². The fourth-order valence-electron chi connectivity index (χ4n) is 8.40. The van der Waals surface area contributed by atoms with E-state index in [4.69, 9.17) is 15.0 Å². The number of anilines is 3. The van der Waals surface area contributed by atoms with Crippen LogP contribution in [0.3, 0.4) is 0 Å². The van der Waals surface area contributed by atoms with Gasteiger partial charge in [0.25, 0.3) is 0 Å². The van der Waals surface area contributed by atoms with Gasteiger partial charge in [0.2, 0.25) is 0 Å². The van der Waals surface area contributed by atoms with Gasteiger partial charge in [-0.1, -0.05) is 36.4 Å². The van der Waals surface area contributed by atoms with E-state index in [9.17, 15) is 0 Å². The SMILES string of the molecule is Cc1cc(N(c2cc(C)c(-c3nc4ccccc4n3C)cc2C)c2cc(C)c(-c3nc4ccccc4n3C)cc2C)c(C)cc1-c1nc2ccccc2n1C. The van der Waals surface area contributed by atoms with Crippen molar-refractivity contribution in [3.05, 3.63) is 143 Å². The van der Waals surface area contributed by atoms with E-state index < -0.39 is 0 Å². The molecule has 9 rings (SSSR count). The van der Waals surface area contributed by atoms with Crippen molar-refractivity contribution in [1.82, 2.24) is 28.7 Å². The molecule has 9 aromatic rings. The summed E-state index contributed by atoms with van der Waals surface area (Å²) in [7, 11) is 6.32. The van der Waals surface area contributed by atoms with Gasteiger partial charge in [-0.3, -0.25) is 0 Å². The first-order chi connectivity index (χ1) is 26.5. The van der Waals surface area contributed by atoms with Gasteiger partial charge in [0.05, 0.1) is 33.1 Å². The van der Waals surface area contributed by atoms with Crippen molar-refractivity contribution in [2.75, 3.05) is 4.90 Å². The second kappa shape index (κ2) is 12.8. The predicted octanol–water partition coefficient (Wildman–Crippen LogP) is 11.7. The highest BCUT2D eigenvalue weighted by molar-refractivity contribution is 5.90. The summed E-state index contributed by atoms with van der Waals surface area (Å²) in [5.74, 6) is 2.91. The smallest absolute Gasteiger partial charge is 0.141 e. The molecule has 0 saturated heterocycles. The van der Waals surface area contributed by atoms with Crippen LogP contribution in [0.4, 0.5) is 17.1 Å². The van der Waals surface area contributed by atoms with Crippen LogP contribution in [0, 0.1) is 41.5 Å². The maximum absolute atomic E-state index is 5.08. The van der Waals surface area contributed by atoms with Crippen LogP contribution in [0.1, 0.15) is 33.4 Å². The van der Waals surface area contributed by atoms with Crippen LogP contribution in [0.15, 0.2) is 109 Å². The monoisotopic (exact) mass is 719 g/mol. The highest BCUT2D eigenvalue weighted by atomic mass is 15.2. The number of fused-ring (bicyclic) bond motifs is 3. The third-order valence-corrected chi connectivity index (χ3v) is 11.4. The molecule has 0 aliphatic heterocycles. The first kappa shape index (κ1) is 34.3. The van der Waals surface area contributed by atoms with E-state index in [-0.39, 0.29) is 0 Å². The largest absolute Gasteiger partial charge is 0.327 e. The minimum Gasteiger partial charge on any atom is -0.327 e. The normalized spacial score (nSPS) is 11.7. The lowest BCUT2D eigenvalue weighted by molar-refractivity contribution is 0.956. The molecule has 0 fully saturated rings.